The molecule has 1 rings (SSSR count). The van der Waals surface area contributed by atoms with Gasteiger partial charge in [0.1, 0.15) is 0 Å². The third kappa shape index (κ3) is 5.11. The lowest BCUT2D eigenvalue weighted by Gasteiger charge is -2.27. The highest BCUT2D eigenvalue weighted by Gasteiger charge is 2.31. The molecule has 3 nitrogen and oxygen atoms in total. The van der Waals surface area contributed by atoms with E-state index in [1.54, 1.807) is 0 Å². The van der Waals surface area contributed by atoms with Crippen molar-refractivity contribution in [2.75, 3.05) is 13.2 Å². The van der Waals surface area contributed by atoms with Crippen LogP contribution in [0.3, 0.4) is 0 Å². The van der Waals surface area contributed by atoms with Crippen molar-refractivity contribution in [3.63, 3.8) is 0 Å². The number of benzene rings is 1. The highest BCUT2D eigenvalue weighted by Crippen LogP contribution is 2.30. The van der Waals surface area contributed by atoms with Crippen LogP contribution in [0.1, 0.15) is 37.5 Å². The maximum absolute atomic E-state index is 12.6. The third-order valence-electron chi connectivity index (χ3n) is 3.11. The Kier molecular flexibility index (Phi) is 5.56. The molecular formula is C14H20F3NO2. The van der Waals surface area contributed by atoms with E-state index in [0.717, 1.165) is 12.1 Å². The fourth-order valence-electron chi connectivity index (χ4n) is 1.78. The van der Waals surface area contributed by atoms with Gasteiger partial charge in [0.2, 0.25) is 0 Å². The summed E-state index contributed by atoms with van der Waals surface area (Å²) < 4.78 is 37.7. The first-order valence-corrected chi connectivity index (χ1v) is 6.37. The molecule has 1 unspecified atom stereocenters. The molecule has 6 heteroatoms. The minimum absolute atomic E-state index is 0.000343. The standard InChI is InChI=1S/C14H20F3NO2/c1-13(2,6-7-19)18-9-12(20)10-4-3-5-11(8-10)14(15,16)17/h3-5,8,12,18-20H,6-7,9H2,1-2H3. The molecule has 114 valence electrons. The van der Waals surface area contributed by atoms with Gasteiger partial charge in [-0.2, -0.15) is 13.2 Å². The number of β-amino-alcohol motifs (C(OH)–C–C–N with tert-alkyl or cyclic N) is 1. The number of halogens is 3. The Balaban J connectivity index is 2.71. The maximum Gasteiger partial charge on any atom is 0.416 e. The lowest BCUT2D eigenvalue weighted by atomic mass is 10.00. The van der Waals surface area contributed by atoms with Gasteiger partial charge >= 0.3 is 6.18 Å². The number of rotatable bonds is 6. The van der Waals surface area contributed by atoms with Gasteiger partial charge in [-0.3, -0.25) is 0 Å². The average Bonchev–Trinajstić information content (AvgIpc) is 2.35. The van der Waals surface area contributed by atoms with Crippen molar-refractivity contribution in [2.24, 2.45) is 0 Å². The van der Waals surface area contributed by atoms with Crippen LogP contribution in [0.25, 0.3) is 0 Å². The van der Waals surface area contributed by atoms with Crippen molar-refractivity contribution < 1.29 is 23.4 Å². The molecule has 0 aliphatic carbocycles. The van der Waals surface area contributed by atoms with Gasteiger partial charge in [0, 0.05) is 18.7 Å². The van der Waals surface area contributed by atoms with Gasteiger partial charge in [-0.1, -0.05) is 12.1 Å². The molecule has 0 spiro atoms. The zero-order valence-corrected chi connectivity index (χ0v) is 11.5. The van der Waals surface area contributed by atoms with Crippen molar-refractivity contribution in [1.29, 1.82) is 0 Å². The zero-order chi connectivity index (χ0) is 15.4. The van der Waals surface area contributed by atoms with Gasteiger partial charge in [-0.15, -0.1) is 0 Å². The van der Waals surface area contributed by atoms with Crippen LogP contribution in [-0.2, 0) is 6.18 Å². The highest BCUT2D eigenvalue weighted by molar-refractivity contribution is 5.27. The van der Waals surface area contributed by atoms with Gasteiger partial charge < -0.3 is 15.5 Å². The van der Waals surface area contributed by atoms with Gasteiger partial charge in [0.05, 0.1) is 11.7 Å². The van der Waals surface area contributed by atoms with Crippen molar-refractivity contribution >= 4 is 0 Å². The Labute approximate surface area is 116 Å². The lowest BCUT2D eigenvalue weighted by molar-refractivity contribution is -0.137. The second kappa shape index (κ2) is 6.56. The number of alkyl halides is 3. The molecule has 0 bridgehead atoms. The number of hydrogen-bond donors (Lipinski definition) is 3. The summed E-state index contributed by atoms with van der Waals surface area (Å²) >= 11 is 0. The quantitative estimate of drug-likeness (QED) is 0.755. The van der Waals surface area contributed by atoms with E-state index in [4.69, 9.17) is 5.11 Å². The number of hydrogen-bond acceptors (Lipinski definition) is 3. The smallest absolute Gasteiger partial charge is 0.396 e. The molecule has 0 amide bonds. The molecule has 1 atom stereocenters. The first-order valence-electron chi connectivity index (χ1n) is 6.37. The minimum atomic E-state index is -4.42. The highest BCUT2D eigenvalue weighted by atomic mass is 19.4. The van der Waals surface area contributed by atoms with Crippen molar-refractivity contribution in [1.82, 2.24) is 5.32 Å². The largest absolute Gasteiger partial charge is 0.416 e. The first-order chi connectivity index (χ1) is 9.15. The van der Waals surface area contributed by atoms with E-state index < -0.39 is 23.4 Å². The fourth-order valence-corrected chi connectivity index (χ4v) is 1.78. The number of aliphatic hydroxyl groups excluding tert-OH is 2. The normalized spacial score (nSPS) is 14.3. The first kappa shape index (κ1) is 16.9. The van der Waals surface area contributed by atoms with Crippen LogP contribution >= 0.6 is 0 Å². The van der Waals surface area contributed by atoms with E-state index in [9.17, 15) is 18.3 Å². The SMILES string of the molecule is CC(C)(CCO)NCC(O)c1cccc(C(F)(F)F)c1. The summed E-state index contributed by atoms with van der Waals surface area (Å²) in [4.78, 5) is 0. The van der Waals surface area contributed by atoms with Crippen LogP contribution in [0.2, 0.25) is 0 Å². The van der Waals surface area contributed by atoms with Gasteiger partial charge in [0.15, 0.2) is 0 Å². The molecule has 1 aromatic carbocycles. The summed E-state index contributed by atoms with van der Waals surface area (Å²) in [6, 6.07) is 4.66. The Morgan fingerprint density at radius 1 is 1.25 bits per heavy atom. The third-order valence-corrected chi connectivity index (χ3v) is 3.11. The van der Waals surface area contributed by atoms with Crippen molar-refractivity contribution in [2.45, 2.75) is 38.1 Å². The van der Waals surface area contributed by atoms with E-state index in [2.05, 4.69) is 5.32 Å². The summed E-state index contributed by atoms with van der Waals surface area (Å²) in [6.07, 6.45) is -4.96. The summed E-state index contributed by atoms with van der Waals surface area (Å²) in [5.74, 6) is 0. The predicted molar refractivity (Wildman–Crippen MR) is 70.2 cm³/mol. The van der Waals surface area contributed by atoms with Crippen LogP contribution in [0.15, 0.2) is 24.3 Å². The van der Waals surface area contributed by atoms with Crippen LogP contribution in [0.5, 0.6) is 0 Å². The topological polar surface area (TPSA) is 52.5 Å². The van der Waals surface area contributed by atoms with Crippen LogP contribution < -0.4 is 5.32 Å². The minimum Gasteiger partial charge on any atom is -0.396 e. The predicted octanol–water partition coefficient (Wildman–Crippen LogP) is 2.49. The van der Waals surface area contributed by atoms with Gasteiger partial charge in [-0.25, -0.2) is 0 Å². The monoisotopic (exact) mass is 291 g/mol. The van der Waals surface area contributed by atoms with Gasteiger partial charge in [-0.05, 0) is 38.0 Å². The molecule has 0 saturated heterocycles. The van der Waals surface area contributed by atoms with Crippen LogP contribution in [0, 0.1) is 0 Å². The summed E-state index contributed by atoms with van der Waals surface area (Å²) in [7, 11) is 0. The van der Waals surface area contributed by atoms with E-state index in [1.807, 2.05) is 13.8 Å². The van der Waals surface area contributed by atoms with E-state index in [1.165, 1.54) is 12.1 Å². The molecule has 0 radical (unpaired) electrons. The lowest BCUT2D eigenvalue weighted by Crippen LogP contribution is -2.42. The van der Waals surface area contributed by atoms with Gasteiger partial charge in [0.25, 0.3) is 0 Å². The molecule has 0 heterocycles. The zero-order valence-electron chi connectivity index (χ0n) is 11.5. The van der Waals surface area contributed by atoms with E-state index in [0.29, 0.717) is 6.42 Å². The summed E-state index contributed by atoms with van der Waals surface area (Å²) in [6.45, 7) is 3.82. The average molecular weight is 291 g/mol. The maximum atomic E-state index is 12.6. The molecule has 0 saturated carbocycles. The van der Waals surface area contributed by atoms with Crippen molar-refractivity contribution in [3.05, 3.63) is 35.4 Å². The Morgan fingerprint density at radius 3 is 2.45 bits per heavy atom. The molecular weight excluding hydrogens is 271 g/mol. The van der Waals surface area contributed by atoms with Crippen LogP contribution in [0.4, 0.5) is 13.2 Å². The second-order valence-corrected chi connectivity index (χ2v) is 5.38. The fraction of sp³-hybridized carbons (Fsp3) is 0.571. The summed E-state index contributed by atoms with van der Waals surface area (Å²) in [5, 5.41) is 21.9. The molecule has 0 aliphatic rings. The molecule has 0 aromatic heterocycles. The molecule has 0 aliphatic heterocycles. The molecule has 3 N–H and O–H groups in total. The number of nitrogens with one attached hydrogen (secondary N) is 1. The summed E-state index contributed by atoms with van der Waals surface area (Å²) in [5.41, 5.74) is -0.951. The molecule has 0 fully saturated rings. The molecule has 20 heavy (non-hydrogen) atoms. The molecule has 1 aromatic rings. The van der Waals surface area contributed by atoms with E-state index in [-0.39, 0.29) is 18.7 Å². The Bertz CT molecular complexity index is 433. The van der Waals surface area contributed by atoms with Crippen molar-refractivity contribution in [3.8, 4) is 0 Å². The van der Waals surface area contributed by atoms with Crippen LogP contribution in [-0.4, -0.2) is 28.9 Å². The second-order valence-electron chi connectivity index (χ2n) is 5.38. The number of aliphatic hydroxyl groups is 2. The Morgan fingerprint density at radius 2 is 1.90 bits per heavy atom. The van der Waals surface area contributed by atoms with E-state index >= 15 is 0 Å². The Hall–Kier alpha value is -1.11.